The van der Waals surface area contributed by atoms with Gasteiger partial charge in [-0.15, -0.1) is 28.5 Å². The highest BCUT2D eigenvalue weighted by Crippen LogP contribution is 2.24. The van der Waals surface area contributed by atoms with E-state index >= 15 is 0 Å². The summed E-state index contributed by atoms with van der Waals surface area (Å²) in [6.45, 7) is 1.44. The Morgan fingerprint density at radius 1 is 1.07 bits per heavy atom. The van der Waals surface area contributed by atoms with Crippen LogP contribution in [0.3, 0.4) is 0 Å². The number of pyridine rings is 1. The maximum atomic E-state index is 14.6. The molecule has 1 unspecified atom stereocenters. The molecule has 222 valence electrons. The van der Waals surface area contributed by atoms with Gasteiger partial charge in [0.1, 0.15) is 22.7 Å². The van der Waals surface area contributed by atoms with E-state index in [4.69, 9.17) is 0 Å². The number of nitrogens with zero attached hydrogens (tertiary/aromatic N) is 6. The number of amides is 2. The molecule has 0 fully saturated rings. The normalized spacial score (nSPS) is 12.1. The summed E-state index contributed by atoms with van der Waals surface area (Å²) in [6.07, 6.45) is -3.28. The molecular formula is C25H23F5N8O3S. The maximum Gasteiger partial charge on any atom is 0.573 e. The minimum Gasteiger partial charge on any atom is -0.406 e. The average Bonchev–Trinajstić information content (AvgIpc) is 3.61. The van der Waals surface area contributed by atoms with Gasteiger partial charge >= 0.3 is 6.36 Å². The van der Waals surface area contributed by atoms with Gasteiger partial charge in [-0.05, 0) is 43.2 Å². The molecule has 1 aromatic carbocycles. The molecule has 17 heteroatoms. The zero-order valence-electron chi connectivity index (χ0n) is 21.9. The van der Waals surface area contributed by atoms with E-state index in [9.17, 15) is 31.5 Å². The highest BCUT2D eigenvalue weighted by Gasteiger charge is 2.31. The SMILES string of the molecule is Cc1ccc(CNC(=O)c2nnc(CCC(F)Cn3cc(C(=O)NCc4cc(OC(F)(F)F)ccc4F)nn3)s2)cn1. The van der Waals surface area contributed by atoms with Crippen molar-refractivity contribution < 1.29 is 36.3 Å². The fourth-order valence-electron chi connectivity index (χ4n) is 3.52. The lowest BCUT2D eigenvalue weighted by atomic mass is 10.2. The Balaban J connectivity index is 1.22. The van der Waals surface area contributed by atoms with Crippen molar-refractivity contribution in [3.05, 3.63) is 81.1 Å². The molecule has 1 atom stereocenters. The lowest BCUT2D eigenvalue weighted by molar-refractivity contribution is -0.274. The molecule has 11 nitrogen and oxygen atoms in total. The van der Waals surface area contributed by atoms with Crippen molar-refractivity contribution in [1.29, 1.82) is 0 Å². The first-order valence-corrected chi connectivity index (χ1v) is 13.2. The Bertz CT molecular complexity index is 1530. The number of hydrogen-bond donors (Lipinski definition) is 2. The van der Waals surface area contributed by atoms with E-state index in [1.54, 1.807) is 6.20 Å². The summed E-state index contributed by atoms with van der Waals surface area (Å²) in [4.78, 5) is 28.8. The topological polar surface area (TPSA) is 137 Å². The van der Waals surface area contributed by atoms with E-state index in [-0.39, 0.29) is 42.2 Å². The van der Waals surface area contributed by atoms with Crippen molar-refractivity contribution in [2.75, 3.05) is 0 Å². The van der Waals surface area contributed by atoms with Gasteiger partial charge in [-0.1, -0.05) is 22.6 Å². The Hall–Kier alpha value is -4.54. The van der Waals surface area contributed by atoms with Crippen LogP contribution in [-0.2, 0) is 26.1 Å². The quantitative estimate of drug-likeness (QED) is 0.232. The predicted octanol–water partition coefficient (Wildman–Crippen LogP) is 3.70. The van der Waals surface area contributed by atoms with Gasteiger partial charge in [0.2, 0.25) is 5.01 Å². The molecule has 0 radical (unpaired) electrons. The van der Waals surface area contributed by atoms with Crippen LogP contribution in [0, 0.1) is 12.7 Å². The lowest BCUT2D eigenvalue weighted by Gasteiger charge is -2.11. The molecule has 0 aliphatic rings. The Morgan fingerprint density at radius 2 is 1.86 bits per heavy atom. The third kappa shape index (κ3) is 8.98. The number of carbonyl (C=O) groups is 2. The zero-order valence-corrected chi connectivity index (χ0v) is 22.7. The summed E-state index contributed by atoms with van der Waals surface area (Å²) in [6, 6.07) is 6.08. The van der Waals surface area contributed by atoms with Crippen molar-refractivity contribution in [3.63, 3.8) is 0 Å². The van der Waals surface area contributed by atoms with Gasteiger partial charge in [-0.25, -0.2) is 13.5 Å². The Morgan fingerprint density at radius 3 is 2.60 bits per heavy atom. The van der Waals surface area contributed by atoms with E-state index in [1.807, 2.05) is 19.1 Å². The Labute approximate surface area is 239 Å². The Kier molecular flexibility index (Phi) is 9.72. The molecule has 42 heavy (non-hydrogen) atoms. The van der Waals surface area contributed by atoms with Crippen LogP contribution in [0.4, 0.5) is 22.0 Å². The molecule has 0 aliphatic heterocycles. The van der Waals surface area contributed by atoms with Crippen LogP contribution < -0.4 is 15.4 Å². The number of halogens is 5. The van der Waals surface area contributed by atoms with Crippen molar-refractivity contribution in [3.8, 4) is 5.75 Å². The van der Waals surface area contributed by atoms with Crippen molar-refractivity contribution in [1.82, 2.24) is 40.8 Å². The van der Waals surface area contributed by atoms with E-state index in [0.717, 1.165) is 45.5 Å². The third-order valence-electron chi connectivity index (χ3n) is 5.60. The summed E-state index contributed by atoms with van der Waals surface area (Å²) < 4.78 is 70.6. The first-order chi connectivity index (χ1) is 19.9. The number of ether oxygens (including phenoxy) is 1. The number of aryl methyl sites for hydroxylation is 2. The largest absolute Gasteiger partial charge is 0.573 e. The van der Waals surface area contributed by atoms with Crippen molar-refractivity contribution >= 4 is 23.2 Å². The van der Waals surface area contributed by atoms with Crippen molar-refractivity contribution in [2.24, 2.45) is 0 Å². The van der Waals surface area contributed by atoms with Crippen LogP contribution in [-0.4, -0.2) is 54.5 Å². The van der Waals surface area contributed by atoms with Crippen LogP contribution >= 0.6 is 11.3 Å². The number of alkyl halides is 4. The first-order valence-electron chi connectivity index (χ1n) is 12.3. The summed E-state index contributed by atoms with van der Waals surface area (Å²) in [5.41, 5.74) is 1.24. The molecule has 2 amide bonds. The second-order valence-electron chi connectivity index (χ2n) is 8.94. The van der Waals surface area contributed by atoms with Gasteiger partial charge in [0.05, 0.1) is 12.7 Å². The van der Waals surface area contributed by atoms with Gasteiger partial charge in [0, 0.05) is 37.0 Å². The molecule has 0 spiro atoms. The number of nitrogens with one attached hydrogen (secondary N) is 2. The zero-order chi connectivity index (χ0) is 30.3. The fraction of sp³-hybridized carbons (Fsp3) is 0.320. The van der Waals surface area contributed by atoms with E-state index in [1.165, 1.54) is 6.20 Å². The van der Waals surface area contributed by atoms with Gasteiger partial charge in [0.15, 0.2) is 5.69 Å². The average molecular weight is 611 g/mol. The highest BCUT2D eigenvalue weighted by molar-refractivity contribution is 7.13. The molecule has 0 bridgehead atoms. The summed E-state index contributed by atoms with van der Waals surface area (Å²) in [5.74, 6) is -2.69. The van der Waals surface area contributed by atoms with Crippen LogP contribution in [0.15, 0.2) is 42.7 Å². The number of carbonyl (C=O) groups excluding carboxylic acids is 2. The van der Waals surface area contributed by atoms with E-state index in [2.05, 4.69) is 40.9 Å². The standard InChI is InChI=1S/C25H23F5N8O3S/c1-14-2-3-15(9-31-14)10-32-23(40)24-36-35-21(42-24)7-4-17(26)12-38-13-20(34-37-38)22(39)33-11-16-8-18(5-6-19(16)27)41-25(28,29)30/h2-3,5-6,8-9,13,17H,4,7,10-12H2,1H3,(H,32,40)(H,33,39). The second-order valence-corrected chi connectivity index (χ2v) is 10.00. The molecule has 0 saturated heterocycles. The van der Waals surface area contributed by atoms with Crippen LogP contribution in [0.25, 0.3) is 0 Å². The van der Waals surface area contributed by atoms with Crippen LogP contribution in [0.2, 0.25) is 0 Å². The number of benzene rings is 1. The number of aromatic nitrogens is 6. The molecule has 3 heterocycles. The smallest absolute Gasteiger partial charge is 0.406 e. The summed E-state index contributed by atoms with van der Waals surface area (Å²) in [5, 5.41) is 20.8. The molecule has 3 aromatic heterocycles. The van der Waals surface area contributed by atoms with E-state index in [0.29, 0.717) is 5.01 Å². The van der Waals surface area contributed by atoms with Gasteiger partial charge in [0.25, 0.3) is 11.8 Å². The molecule has 4 rings (SSSR count). The van der Waals surface area contributed by atoms with Gasteiger partial charge in [-0.2, -0.15) is 0 Å². The highest BCUT2D eigenvalue weighted by atomic mass is 32.1. The molecule has 2 N–H and O–H groups in total. The predicted molar refractivity (Wildman–Crippen MR) is 138 cm³/mol. The van der Waals surface area contributed by atoms with Crippen LogP contribution in [0.1, 0.15) is 48.5 Å². The fourth-order valence-corrected chi connectivity index (χ4v) is 4.29. The molecule has 0 aliphatic carbocycles. The minimum absolute atomic E-state index is 0.0301. The summed E-state index contributed by atoms with van der Waals surface area (Å²) in [7, 11) is 0. The van der Waals surface area contributed by atoms with Gasteiger partial charge < -0.3 is 15.4 Å². The summed E-state index contributed by atoms with van der Waals surface area (Å²) >= 11 is 1.05. The number of hydrogen-bond acceptors (Lipinski definition) is 9. The monoisotopic (exact) mass is 610 g/mol. The van der Waals surface area contributed by atoms with Crippen LogP contribution in [0.5, 0.6) is 5.75 Å². The molecule has 0 saturated carbocycles. The molecule has 4 aromatic rings. The number of rotatable bonds is 12. The third-order valence-corrected chi connectivity index (χ3v) is 6.59. The van der Waals surface area contributed by atoms with E-state index < -0.39 is 42.5 Å². The minimum atomic E-state index is -4.96. The molecular weight excluding hydrogens is 587 g/mol. The van der Waals surface area contributed by atoms with Crippen molar-refractivity contribution in [2.45, 2.75) is 51.9 Å². The second kappa shape index (κ2) is 13.4. The maximum absolute atomic E-state index is 14.6. The first kappa shape index (κ1) is 30.4. The van der Waals surface area contributed by atoms with Gasteiger partial charge in [-0.3, -0.25) is 14.6 Å². The lowest BCUT2D eigenvalue weighted by Crippen LogP contribution is -2.24.